The fraction of sp³-hybridized carbons (Fsp3) is 0.647. The maximum absolute atomic E-state index is 12.5. The second-order valence-electron chi connectivity index (χ2n) is 6.51. The van der Waals surface area contributed by atoms with E-state index in [1.165, 1.54) is 0 Å². The zero-order chi connectivity index (χ0) is 16.1. The minimum atomic E-state index is -0.242. The lowest BCUT2D eigenvalue weighted by Gasteiger charge is -2.34. The Bertz CT molecular complexity index is 496. The van der Waals surface area contributed by atoms with Crippen LogP contribution >= 0.6 is 0 Å². The number of aliphatic hydroxyl groups is 1. The lowest BCUT2D eigenvalue weighted by molar-refractivity contribution is 0.0385. The summed E-state index contributed by atoms with van der Waals surface area (Å²) in [6.45, 7) is 5.70. The van der Waals surface area contributed by atoms with Crippen molar-refractivity contribution in [1.29, 1.82) is 0 Å². The van der Waals surface area contributed by atoms with Crippen LogP contribution in [0, 0.1) is 11.8 Å². The maximum Gasteiger partial charge on any atom is 0.254 e. The topological polar surface area (TPSA) is 65.5 Å². The van der Waals surface area contributed by atoms with Gasteiger partial charge in [-0.05, 0) is 43.2 Å². The summed E-state index contributed by atoms with van der Waals surface area (Å²) in [7, 11) is 1.79. The molecular formula is C17H27N3O2. The van der Waals surface area contributed by atoms with Crippen LogP contribution in [0.4, 0.5) is 5.82 Å². The van der Waals surface area contributed by atoms with Crippen molar-refractivity contribution in [3.63, 3.8) is 0 Å². The number of hydrogen-bond donors (Lipinski definition) is 2. The summed E-state index contributed by atoms with van der Waals surface area (Å²) in [6.07, 6.45) is 4.01. The van der Waals surface area contributed by atoms with Gasteiger partial charge in [0.1, 0.15) is 5.82 Å². The van der Waals surface area contributed by atoms with Gasteiger partial charge in [0.25, 0.3) is 5.91 Å². The van der Waals surface area contributed by atoms with Gasteiger partial charge in [-0.25, -0.2) is 4.98 Å². The average Bonchev–Trinajstić information content (AvgIpc) is 2.53. The van der Waals surface area contributed by atoms with Gasteiger partial charge in [0, 0.05) is 31.9 Å². The van der Waals surface area contributed by atoms with Crippen LogP contribution in [0.2, 0.25) is 0 Å². The number of nitrogens with zero attached hydrogens (tertiary/aromatic N) is 2. The lowest BCUT2D eigenvalue weighted by atomic mass is 9.87. The Morgan fingerprint density at radius 1 is 1.45 bits per heavy atom. The molecule has 0 saturated carbocycles. The van der Waals surface area contributed by atoms with E-state index >= 15 is 0 Å². The predicted molar refractivity (Wildman–Crippen MR) is 87.9 cm³/mol. The second kappa shape index (κ2) is 7.58. The maximum atomic E-state index is 12.5. The quantitative estimate of drug-likeness (QED) is 0.876. The van der Waals surface area contributed by atoms with Crippen molar-refractivity contribution in [1.82, 2.24) is 9.88 Å². The van der Waals surface area contributed by atoms with E-state index in [0.717, 1.165) is 32.4 Å². The summed E-state index contributed by atoms with van der Waals surface area (Å²) in [6, 6.07) is 3.53. The molecule has 2 rings (SSSR count). The zero-order valence-corrected chi connectivity index (χ0v) is 13.7. The first-order chi connectivity index (χ1) is 10.5. The molecule has 22 heavy (non-hydrogen) atoms. The van der Waals surface area contributed by atoms with Crippen LogP contribution in [0.15, 0.2) is 18.3 Å². The van der Waals surface area contributed by atoms with Gasteiger partial charge >= 0.3 is 0 Å². The van der Waals surface area contributed by atoms with Crippen molar-refractivity contribution >= 4 is 11.7 Å². The molecule has 1 fully saturated rings. The number of aromatic nitrogens is 1. The van der Waals surface area contributed by atoms with Gasteiger partial charge < -0.3 is 15.3 Å². The van der Waals surface area contributed by atoms with Gasteiger partial charge in [0.15, 0.2) is 0 Å². The smallest absolute Gasteiger partial charge is 0.254 e. The summed E-state index contributed by atoms with van der Waals surface area (Å²) >= 11 is 0. The molecule has 1 saturated heterocycles. The van der Waals surface area contributed by atoms with E-state index < -0.39 is 0 Å². The molecule has 0 radical (unpaired) electrons. The average molecular weight is 305 g/mol. The second-order valence-corrected chi connectivity index (χ2v) is 6.51. The molecule has 0 aliphatic carbocycles. The van der Waals surface area contributed by atoms with E-state index in [9.17, 15) is 9.90 Å². The van der Waals surface area contributed by atoms with Crippen molar-refractivity contribution < 1.29 is 9.90 Å². The van der Waals surface area contributed by atoms with Gasteiger partial charge in [-0.2, -0.15) is 0 Å². The third-order valence-electron chi connectivity index (χ3n) is 4.35. The normalized spacial score (nSPS) is 17.6. The molecule has 1 atom stereocenters. The molecule has 2 heterocycles. The number of anilines is 1. The number of piperidine rings is 1. The summed E-state index contributed by atoms with van der Waals surface area (Å²) in [5.74, 6) is 1.58. The highest BCUT2D eigenvalue weighted by atomic mass is 16.3. The fourth-order valence-corrected chi connectivity index (χ4v) is 3.05. The molecule has 1 aromatic heterocycles. The van der Waals surface area contributed by atoms with Gasteiger partial charge in [-0.1, -0.05) is 13.8 Å². The van der Waals surface area contributed by atoms with Crippen molar-refractivity contribution in [2.45, 2.75) is 39.2 Å². The number of rotatable bonds is 5. The molecule has 1 amide bonds. The van der Waals surface area contributed by atoms with Gasteiger partial charge in [0.05, 0.1) is 6.10 Å². The predicted octanol–water partition coefficient (Wildman–Crippen LogP) is 2.38. The van der Waals surface area contributed by atoms with Crippen LogP contribution in [-0.2, 0) is 0 Å². The van der Waals surface area contributed by atoms with Crippen molar-refractivity contribution in [3.05, 3.63) is 23.9 Å². The van der Waals surface area contributed by atoms with E-state index in [1.54, 1.807) is 25.4 Å². The first-order valence-corrected chi connectivity index (χ1v) is 8.12. The van der Waals surface area contributed by atoms with Crippen LogP contribution in [0.5, 0.6) is 0 Å². The molecule has 1 aliphatic rings. The summed E-state index contributed by atoms with van der Waals surface area (Å²) in [5.41, 5.74) is 0.667. The highest BCUT2D eigenvalue weighted by Gasteiger charge is 2.28. The van der Waals surface area contributed by atoms with Gasteiger partial charge in [0.2, 0.25) is 0 Å². The Kier molecular flexibility index (Phi) is 5.77. The highest BCUT2D eigenvalue weighted by molar-refractivity contribution is 5.94. The summed E-state index contributed by atoms with van der Waals surface area (Å²) in [5, 5.41) is 13.2. The van der Waals surface area contributed by atoms with E-state index in [4.69, 9.17) is 0 Å². The molecular weight excluding hydrogens is 278 g/mol. The van der Waals surface area contributed by atoms with Crippen molar-refractivity contribution in [3.8, 4) is 0 Å². The molecule has 0 unspecified atom stereocenters. The number of carbonyl (C=O) groups is 1. The van der Waals surface area contributed by atoms with Crippen LogP contribution in [0.1, 0.15) is 43.5 Å². The summed E-state index contributed by atoms with van der Waals surface area (Å²) < 4.78 is 0. The molecule has 5 heteroatoms. The van der Waals surface area contributed by atoms with E-state index in [2.05, 4.69) is 24.1 Å². The lowest BCUT2D eigenvalue weighted by Crippen LogP contribution is -2.41. The number of carbonyl (C=O) groups excluding carboxylic acids is 1. The SMILES string of the molecule is CNc1cc(C(=O)N2CCC([C@H](O)CC(C)C)CC2)ccn1. The number of amides is 1. The van der Waals surface area contributed by atoms with E-state index in [-0.39, 0.29) is 12.0 Å². The number of nitrogens with one attached hydrogen (secondary N) is 1. The molecule has 0 bridgehead atoms. The molecule has 122 valence electrons. The fourth-order valence-electron chi connectivity index (χ4n) is 3.05. The Labute approximate surface area is 132 Å². The minimum absolute atomic E-state index is 0.0516. The van der Waals surface area contributed by atoms with Crippen molar-refractivity contribution in [2.24, 2.45) is 11.8 Å². The van der Waals surface area contributed by atoms with Crippen LogP contribution in [-0.4, -0.2) is 47.1 Å². The van der Waals surface area contributed by atoms with Crippen LogP contribution in [0.25, 0.3) is 0 Å². The first kappa shape index (κ1) is 16.7. The Hall–Kier alpha value is -1.62. The third kappa shape index (κ3) is 4.19. The zero-order valence-electron chi connectivity index (χ0n) is 13.7. The van der Waals surface area contributed by atoms with E-state index in [0.29, 0.717) is 23.2 Å². The van der Waals surface area contributed by atoms with Gasteiger partial charge in [-0.3, -0.25) is 4.79 Å². The molecule has 1 aromatic rings. The Morgan fingerprint density at radius 3 is 2.73 bits per heavy atom. The third-order valence-corrected chi connectivity index (χ3v) is 4.35. The Morgan fingerprint density at radius 2 is 2.14 bits per heavy atom. The van der Waals surface area contributed by atoms with Crippen LogP contribution in [0.3, 0.4) is 0 Å². The number of pyridine rings is 1. The highest BCUT2D eigenvalue weighted by Crippen LogP contribution is 2.25. The molecule has 2 N–H and O–H groups in total. The largest absolute Gasteiger partial charge is 0.393 e. The number of aliphatic hydroxyl groups excluding tert-OH is 1. The van der Waals surface area contributed by atoms with Crippen molar-refractivity contribution in [2.75, 3.05) is 25.5 Å². The monoisotopic (exact) mass is 305 g/mol. The molecule has 0 aromatic carbocycles. The van der Waals surface area contributed by atoms with Crippen LogP contribution < -0.4 is 5.32 Å². The molecule has 5 nitrogen and oxygen atoms in total. The standard InChI is InChI=1S/C17H27N3O2/c1-12(2)10-15(21)13-5-8-20(9-6-13)17(22)14-4-7-19-16(11-14)18-3/h4,7,11-13,15,21H,5-6,8-10H2,1-3H3,(H,18,19)/t15-/m1/s1. The minimum Gasteiger partial charge on any atom is -0.393 e. The molecule has 1 aliphatic heterocycles. The first-order valence-electron chi connectivity index (χ1n) is 8.12. The number of likely N-dealkylation sites (tertiary alicyclic amines) is 1. The Balaban J connectivity index is 1.92. The number of hydrogen-bond acceptors (Lipinski definition) is 4. The molecule has 0 spiro atoms. The summed E-state index contributed by atoms with van der Waals surface area (Å²) in [4.78, 5) is 18.5. The van der Waals surface area contributed by atoms with Gasteiger partial charge in [-0.15, -0.1) is 0 Å². The van der Waals surface area contributed by atoms with E-state index in [1.807, 2.05) is 4.90 Å².